The van der Waals surface area contributed by atoms with Crippen molar-refractivity contribution in [1.82, 2.24) is 5.16 Å². The Hall–Kier alpha value is -3.81. The summed E-state index contributed by atoms with van der Waals surface area (Å²) in [7, 11) is -3.61. The molecule has 40 heavy (non-hydrogen) atoms. The van der Waals surface area contributed by atoms with E-state index in [4.69, 9.17) is 22.9 Å². The first-order chi connectivity index (χ1) is 19.0. The lowest BCUT2D eigenvalue weighted by Gasteiger charge is -2.24. The van der Waals surface area contributed by atoms with Crippen molar-refractivity contribution in [2.75, 3.05) is 31.9 Å². The van der Waals surface area contributed by atoms with Crippen LogP contribution in [0.2, 0.25) is 0 Å². The summed E-state index contributed by atoms with van der Waals surface area (Å²) < 4.78 is 79.6. The van der Waals surface area contributed by atoms with Crippen molar-refractivity contribution >= 4 is 36.9 Å². The van der Waals surface area contributed by atoms with Gasteiger partial charge in [0.15, 0.2) is 11.4 Å². The second kappa shape index (κ2) is 11.7. The number of hydrogen-bond acceptors (Lipinski definition) is 10. The second-order valence-electron chi connectivity index (χ2n) is 8.83. The van der Waals surface area contributed by atoms with Crippen LogP contribution in [0, 0.1) is 0 Å². The maximum atomic E-state index is 14.4. The maximum Gasteiger partial charge on any atom is 0.269 e. The Kier molecular flexibility index (Phi) is 8.57. The summed E-state index contributed by atoms with van der Waals surface area (Å²) >= 11 is 0. The monoisotopic (exact) mass is 590 g/mol. The molecule has 1 aromatic heterocycles. The summed E-state index contributed by atoms with van der Waals surface area (Å²) in [5.41, 5.74) is 2.11. The highest BCUT2D eigenvalue weighted by molar-refractivity contribution is 7.93. The zero-order chi connectivity index (χ0) is 29.1. The Morgan fingerprint density at radius 3 is 2.23 bits per heavy atom. The van der Waals surface area contributed by atoms with Crippen molar-refractivity contribution in [3.8, 4) is 17.2 Å². The fourth-order valence-electron chi connectivity index (χ4n) is 4.09. The quantitative estimate of drug-likeness (QED) is 0.220. The smallest absolute Gasteiger partial charge is 0.269 e. The predicted molar refractivity (Wildman–Crippen MR) is 149 cm³/mol. The van der Waals surface area contributed by atoms with Gasteiger partial charge in [0.05, 0.1) is 46.1 Å². The highest BCUT2D eigenvalue weighted by Gasteiger charge is 2.33. The first-order valence-electron chi connectivity index (χ1n) is 12.1. The molecule has 0 N–H and O–H groups in total. The maximum absolute atomic E-state index is 14.4. The molecule has 0 saturated heterocycles. The van der Waals surface area contributed by atoms with Crippen LogP contribution in [0.4, 0.5) is 5.82 Å². The molecule has 4 rings (SSSR count). The Morgan fingerprint density at radius 2 is 1.57 bits per heavy atom. The summed E-state index contributed by atoms with van der Waals surface area (Å²) in [5, 5.41) is 4.47. The van der Waals surface area contributed by atoms with Crippen LogP contribution in [0.1, 0.15) is 23.6 Å². The molecular weight excluding hydrogens is 560 g/mol. The molecule has 0 amide bonds. The molecule has 0 fully saturated rings. The van der Waals surface area contributed by atoms with E-state index >= 15 is 0 Å². The Labute approximate surface area is 233 Å². The minimum absolute atomic E-state index is 0.00182. The van der Waals surface area contributed by atoms with E-state index in [2.05, 4.69) is 5.16 Å². The van der Waals surface area contributed by atoms with Crippen LogP contribution in [0.15, 0.2) is 64.0 Å². The van der Waals surface area contributed by atoms with Crippen LogP contribution in [0.5, 0.6) is 17.2 Å². The third kappa shape index (κ3) is 6.16. The van der Waals surface area contributed by atoms with E-state index in [1.165, 1.54) is 21.3 Å². The number of benzene rings is 3. The number of methoxy groups -OCH3 is 3. The molecule has 0 radical (unpaired) electrons. The number of aryl methyl sites for hydroxylation is 1. The molecule has 13 heteroatoms. The first-order valence-corrected chi connectivity index (χ1v) is 15.4. The van der Waals surface area contributed by atoms with Gasteiger partial charge in [0.1, 0.15) is 22.1 Å². The van der Waals surface area contributed by atoms with Crippen LogP contribution < -0.4 is 18.5 Å². The summed E-state index contributed by atoms with van der Waals surface area (Å²) in [6.45, 7) is 1.49. The molecule has 0 atom stereocenters. The SMILES string of the molecule is CCc1ccc(OC)c(S(=O)(=O)N(Cc2ccc(OC)cc2OC)c2noc3ccc(COS(C)(=O)=O)cc23)c1. The number of ether oxygens (including phenoxy) is 3. The second-order valence-corrected chi connectivity index (χ2v) is 12.3. The largest absolute Gasteiger partial charge is 0.497 e. The lowest BCUT2D eigenvalue weighted by atomic mass is 10.1. The van der Waals surface area contributed by atoms with Gasteiger partial charge in [-0.3, -0.25) is 4.18 Å². The zero-order valence-electron chi connectivity index (χ0n) is 22.7. The molecule has 11 nitrogen and oxygen atoms in total. The zero-order valence-corrected chi connectivity index (χ0v) is 24.3. The minimum atomic E-state index is -4.31. The van der Waals surface area contributed by atoms with E-state index in [1.807, 2.05) is 6.92 Å². The highest BCUT2D eigenvalue weighted by Crippen LogP contribution is 2.37. The normalized spacial score (nSPS) is 11.9. The van der Waals surface area contributed by atoms with Crippen LogP contribution in [-0.2, 0) is 43.9 Å². The Morgan fingerprint density at radius 1 is 0.850 bits per heavy atom. The first kappa shape index (κ1) is 29.2. The number of fused-ring (bicyclic) bond motifs is 1. The molecule has 0 spiro atoms. The van der Waals surface area contributed by atoms with E-state index in [0.29, 0.717) is 40.0 Å². The van der Waals surface area contributed by atoms with Gasteiger partial charge in [-0.15, -0.1) is 0 Å². The Bertz CT molecular complexity index is 1730. The fraction of sp³-hybridized carbons (Fsp3) is 0.296. The highest BCUT2D eigenvalue weighted by atomic mass is 32.2. The fourth-order valence-corrected chi connectivity index (χ4v) is 6.05. The van der Waals surface area contributed by atoms with E-state index in [-0.39, 0.29) is 29.6 Å². The van der Waals surface area contributed by atoms with Gasteiger partial charge in [-0.1, -0.05) is 24.2 Å². The van der Waals surface area contributed by atoms with Gasteiger partial charge >= 0.3 is 0 Å². The Balaban J connectivity index is 1.92. The van der Waals surface area contributed by atoms with E-state index in [1.54, 1.807) is 54.6 Å². The molecule has 0 aliphatic carbocycles. The van der Waals surface area contributed by atoms with Crippen molar-refractivity contribution in [2.24, 2.45) is 0 Å². The number of rotatable bonds is 12. The molecule has 214 valence electrons. The molecule has 4 aromatic rings. The molecule has 0 aliphatic rings. The standard InChI is InChI=1S/C27H30N2O9S2/c1-6-18-7-12-24(35-3)26(14-18)40(32,33)29(16-20-9-10-21(34-2)15-25(20)36-4)27-22-13-19(17-37-39(5,30)31)8-11-23(22)38-28-27/h7-15H,6,16-17H2,1-5H3. The molecular formula is C27H30N2O9S2. The average Bonchev–Trinajstić information content (AvgIpc) is 3.36. The molecule has 0 saturated carbocycles. The van der Waals surface area contributed by atoms with Gasteiger partial charge < -0.3 is 18.7 Å². The minimum Gasteiger partial charge on any atom is -0.497 e. The lowest BCUT2D eigenvalue weighted by molar-refractivity contribution is 0.312. The molecule has 1 heterocycles. The van der Waals surface area contributed by atoms with Crippen molar-refractivity contribution in [1.29, 1.82) is 0 Å². The van der Waals surface area contributed by atoms with Gasteiger partial charge in [-0.25, -0.2) is 12.7 Å². The number of anilines is 1. The summed E-state index contributed by atoms with van der Waals surface area (Å²) in [5.74, 6) is 1.11. The number of hydrogen-bond donors (Lipinski definition) is 0. The van der Waals surface area contributed by atoms with Crippen molar-refractivity contribution in [3.63, 3.8) is 0 Å². The van der Waals surface area contributed by atoms with Crippen molar-refractivity contribution in [3.05, 3.63) is 71.3 Å². The molecule has 0 aliphatic heterocycles. The summed E-state index contributed by atoms with van der Waals surface area (Å²) in [6, 6.07) is 14.8. The number of nitrogens with zero attached hydrogens (tertiary/aromatic N) is 2. The van der Waals surface area contributed by atoms with Gasteiger partial charge in [0.2, 0.25) is 0 Å². The van der Waals surface area contributed by atoms with Crippen molar-refractivity contribution < 1.29 is 39.8 Å². The van der Waals surface area contributed by atoms with E-state index < -0.39 is 20.1 Å². The van der Waals surface area contributed by atoms with Crippen molar-refractivity contribution in [2.45, 2.75) is 31.4 Å². The lowest BCUT2D eigenvalue weighted by Crippen LogP contribution is -2.31. The number of aromatic nitrogens is 1. The third-order valence-corrected chi connectivity index (χ3v) is 8.51. The molecule has 0 bridgehead atoms. The average molecular weight is 591 g/mol. The topological polar surface area (TPSA) is 134 Å². The van der Waals surface area contributed by atoms with Crippen LogP contribution >= 0.6 is 0 Å². The van der Waals surface area contributed by atoms with Gasteiger partial charge in [-0.05, 0) is 53.9 Å². The van der Waals surface area contributed by atoms with Gasteiger partial charge in [0.25, 0.3) is 20.1 Å². The predicted octanol–water partition coefficient (Wildman–Crippen LogP) is 4.29. The van der Waals surface area contributed by atoms with E-state index in [9.17, 15) is 16.8 Å². The van der Waals surface area contributed by atoms with Gasteiger partial charge in [0, 0.05) is 11.6 Å². The molecule has 3 aromatic carbocycles. The molecule has 0 unspecified atom stereocenters. The van der Waals surface area contributed by atoms with Crippen LogP contribution in [-0.4, -0.2) is 49.6 Å². The summed E-state index contributed by atoms with van der Waals surface area (Å²) in [6.07, 6.45) is 1.56. The number of sulfonamides is 1. The van der Waals surface area contributed by atoms with Crippen LogP contribution in [0.3, 0.4) is 0 Å². The summed E-state index contributed by atoms with van der Waals surface area (Å²) in [4.78, 5) is -0.0467. The van der Waals surface area contributed by atoms with Crippen LogP contribution in [0.25, 0.3) is 11.0 Å². The van der Waals surface area contributed by atoms with Gasteiger partial charge in [-0.2, -0.15) is 8.42 Å². The van der Waals surface area contributed by atoms with E-state index in [0.717, 1.165) is 16.1 Å². The third-order valence-electron chi connectivity index (χ3n) is 6.20.